The van der Waals surface area contributed by atoms with Crippen LogP contribution in [0.4, 0.5) is 5.69 Å². The lowest BCUT2D eigenvalue weighted by atomic mass is 10.1. The molecule has 1 fully saturated rings. The maximum absolute atomic E-state index is 12.4. The predicted octanol–water partition coefficient (Wildman–Crippen LogP) is 2.49. The molecule has 2 aromatic rings. The zero-order valence-electron chi connectivity index (χ0n) is 14.3. The smallest absolute Gasteiger partial charge is 0.336 e. The first kappa shape index (κ1) is 18.7. The topological polar surface area (TPSA) is 104 Å². The summed E-state index contributed by atoms with van der Waals surface area (Å²) in [7, 11) is 1.47. The fourth-order valence-electron chi connectivity index (χ4n) is 2.66. The van der Waals surface area contributed by atoms with Crippen LogP contribution >= 0.6 is 11.8 Å². The molecule has 1 saturated heterocycles. The monoisotopic (exact) mass is 384 g/mol. The number of carbonyl (C=O) groups is 4. The number of hydrogen-bond donors (Lipinski definition) is 2. The highest BCUT2D eigenvalue weighted by atomic mass is 32.2. The largest absolute Gasteiger partial charge is 0.478 e. The van der Waals surface area contributed by atoms with Crippen molar-refractivity contribution in [2.75, 3.05) is 12.4 Å². The SMILES string of the molecule is CN1C(=O)CC(Sc2ccc(NC(=O)c3ccccc3C(=O)O)cc2)C1=O. The van der Waals surface area contributed by atoms with Crippen molar-refractivity contribution in [3.05, 3.63) is 59.7 Å². The molecule has 138 valence electrons. The Morgan fingerprint density at radius 1 is 1.07 bits per heavy atom. The molecule has 7 nitrogen and oxygen atoms in total. The zero-order valence-corrected chi connectivity index (χ0v) is 15.2. The normalized spacial score (nSPS) is 16.5. The summed E-state index contributed by atoms with van der Waals surface area (Å²) in [6.45, 7) is 0. The third kappa shape index (κ3) is 4.01. The summed E-state index contributed by atoms with van der Waals surface area (Å²) in [6, 6.07) is 12.8. The summed E-state index contributed by atoms with van der Waals surface area (Å²) < 4.78 is 0. The first-order valence-corrected chi connectivity index (χ1v) is 8.95. The second-order valence-electron chi connectivity index (χ2n) is 5.93. The van der Waals surface area contributed by atoms with Gasteiger partial charge in [-0.15, -0.1) is 11.8 Å². The fourth-order valence-corrected chi connectivity index (χ4v) is 3.77. The van der Waals surface area contributed by atoms with E-state index >= 15 is 0 Å². The lowest BCUT2D eigenvalue weighted by molar-refractivity contribution is -0.136. The first-order chi connectivity index (χ1) is 12.9. The van der Waals surface area contributed by atoms with Crippen LogP contribution in [0.5, 0.6) is 0 Å². The molecule has 2 aromatic carbocycles. The summed E-state index contributed by atoms with van der Waals surface area (Å²) in [5.74, 6) is -2.11. The Morgan fingerprint density at radius 3 is 2.26 bits per heavy atom. The van der Waals surface area contributed by atoms with Gasteiger partial charge >= 0.3 is 5.97 Å². The molecule has 1 heterocycles. The molecule has 1 aliphatic heterocycles. The molecule has 0 aliphatic carbocycles. The van der Waals surface area contributed by atoms with Gasteiger partial charge in [-0.2, -0.15) is 0 Å². The van der Waals surface area contributed by atoms with Crippen molar-refractivity contribution in [1.29, 1.82) is 0 Å². The first-order valence-electron chi connectivity index (χ1n) is 8.07. The number of imide groups is 1. The van der Waals surface area contributed by atoms with Gasteiger partial charge in [-0.1, -0.05) is 12.1 Å². The van der Waals surface area contributed by atoms with E-state index in [1.807, 2.05) is 0 Å². The number of aromatic carboxylic acids is 1. The van der Waals surface area contributed by atoms with Gasteiger partial charge in [0.25, 0.3) is 5.91 Å². The molecule has 0 radical (unpaired) electrons. The third-order valence-corrected chi connectivity index (χ3v) is 5.33. The quantitative estimate of drug-likeness (QED) is 0.768. The second-order valence-corrected chi connectivity index (χ2v) is 7.21. The van der Waals surface area contributed by atoms with Crippen LogP contribution in [0.15, 0.2) is 53.4 Å². The zero-order chi connectivity index (χ0) is 19.6. The standard InChI is InChI=1S/C19H16N2O5S/c1-21-16(22)10-15(18(21)24)27-12-8-6-11(7-9-12)20-17(23)13-4-2-3-5-14(13)19(25)26/h2-9,15H,10H2,1H3,(H,20,23)(H,25,26). The Labute approximate surface area is 159 Å². The lowest BCUT2D eigenvalue weighted by Gasteiger charge is -2.10. The Morgan fingerprint density at radius 2 is 1.70 bits per heavy atom. The predicted molar refractivity (Wildman–Crippen MR) is 99.8 cm³/mol. The molecule has 3 amide bonds. The van der Waals surface area contributed by atoms with Crippen LogP contribution in [-0.4, -0.2) is 46.0 Å². The van der Waals surface area contributed by atoms with Gasteiger partial charge in [-0.05, 0) is 36.4 Å². The maximum atomic E-state index is 12.4. The number of rotatable bonds is 5. The summed E-state index contributed by atoms with van der Waals surface area (Å²) in [6.07, 6.45) is 0.171. The number of likely N-dealkylation sites (tertiary alicyclic amines) is 1. The molecule has 0 aromatic heterocycles. The number of carboxylic acid groups (broad SMARTS) is 1. The molecule has 0 spiro atoms. The van der Waals surface area contributed by atoms with Crippen molar-refractivity contribution >= 4 is 41.1 Å². The molecular weight excluding hydrogens is 368 g/mol. The lowest BCUT2D eigenvalue weighted by Crippen LogP contribution is -2.26. The number of carboxylic acids is 1. The maximum Gasteiger partial charge on any atom is 0.336 e. The Hall–Kier alpha value is -3.13. The van der Waals surface area contributed by atoms with Gasteiger partial charge in [0.2, 0.25) is 11.8 Å². The van der Waals surface area contributed by atoms with E-state index in [9.17, 15) is 24.3 Å². The number of nitrogens with one attached hydrogen (secondary N) is 1. The molecule has 1 unspecified atom stereocenters. The van der Waals surface area contributed by atoms with Gasteiger partial charge in [0.1, 0.15) is 0 Å². The van der Waals surface area contributed by atoms with Crippen molar-refractivity contribution in [1.82, 2.24) is 4.90 Å². The van der Waals surface area contributed by atoms with E-state index in [0.717, 1.165) is 9.80 Å². The molecule has 3 rings (SSSR count). The van der Waals surface area contributed by atoms with E-state index < -0.39 is 17.1 Å². The number of carbonyl (C=O) groups excluding carboxylic acids is 3. The van der Waals surface area contributed by atoms with Gasteiger partial charge < -0.3 is 10.4 Å². The van der Waals surface area contributed by atoms with E-state index in [1.54, 1.807) is 36.4 Å². The van der Waals surface area contributed by atoms with Crippen molar-refractivity contribution in [3.8, 4) is 0 Å². The minimum absolute atomic E-state index is 0.0709. The average molecular weight is 384 g/mol. The van der Waals surface area contributed by atoms with Crippen LogP contribution in [0.25, 0.3) is 0 Å². The highest BCUT2D eigenvalue weighted by Crippen LogP contribution is 2.31. The summed E-state index contributed by atoms with van der Waals surface area (Å²) in [4.78, 5) is 49.0. The minimum Gasteiger partial charge on any atom is -0.478 e. The van der Waals surface area contributed by atoms with Crippen molar-refractivity contribution < 1.29 is 24.3 Å². The number of nitrogens with zero attached hydrogens (tertiary/aromatic N) is 1. The van der Waals surface area contributed by atoms with Gasteiger partial charge in [-0.25, -0.2) is 4.79 Å². The Bertz CT molecular complexity index is 926. The van der Waals surface area contributed by atoms with Crippen molar-refractivity contribution in [3.63, 3.8) is 0 Å². The molecule has 27 heavy (non-hydrogen) atoms. The number of amides is 3. The van der Waals surface area contributed by atoms with Gasteiger partial charge in [0.15, 0.2) is 0 Å². The second kappa shape index (κ2) is 7.63. The number of benzene rings is 2. The van der Waals surface area contributed by atoms with E-state index in [0.29, 0.717) is 5.69 Å². The van der Waals surface area contributed by atoms with Crippen LogP contribution in [-0.2, 0) is 9.59 Å². The Balaban J connectivity index is 1.68. The highest BCUT2D eigenvalue weighted by Gasteiger charge is 2.36. The van der Waals surface area contributed by atoms with Crippen LogP contribution in [0.1, 0.15) is 27.1 Å². The van der Waals surface area contributed by atoms with Crippen LogP contribution in [0, 0.1) is 0 Å². The van der Waals surface area contributed by atoms with Crippen molar-refractivity contribution in [2.24, 2.45) is 0 Å². The summed E-state index contributed by atoms with van der Waals surface area (Å²) in [5.41, 5.74) is 0.493. The molecule has 2 N–H and O–H groups in total. The molecule has 1 aliphatic rings. The fraction of sp³-hybridized carbons (Fsp3) is 0.158. The number of hydrogen-bond acceptors (Lipinski definition) is 5. The Kier molecular flexibility index (Phi) is 5.27. The van der Waals surface area contributed by atoms with Gasteiger partial charge in [-0.3, -0.25) is 19.3 Å². The van der Waals surface area contributed by atoms with Crippen LogP contribution in [0.3, 0.4) is 0 Å². The van der Waals surface area contributed by atoms with Crippen LogP contribution < -0.4 is 5.32 Å². The number of thioether (sulfide) groups is 1. The molecule has 8 heteroatoms. The summed E-state index contributed by atoms with van der Waals surface area (Å²) >= 11 is 1.29. The van der Waals surface area contributed by atoms with Crippen LogP contribution in [0.2, 0.25) is 0 Å². The van der Waals surface area contributed by atoms with E-state index in [-0.39, 0.29) is 29.4 Å². The number of anilines is 1. The molecular formula is C19H16N2O5S. The van der Waals surface area contributed by atoms with Gasteiger partial charge in [0, 0.05) is 24.1 Å². The highest BCUT2D eigenvalue weighted by molar-refractivity contribution is 8.00. The summed E-state index contributed by atoms with van der Waals surface area (Å²) in [5, 5.41) is 11.4. The molecule has 1 atom stereocenters. The average Bonchev–Trinajstić information content (AvgIpc) is 2.90. The minimum atomic E-state index is -1.17. The van der Waals surface area contributed by atoms with E-state index in [4.69, 9.17) is 0 Å². The third-order valence-electron chi connectivity index (χ3n) is 4.13. The molecule has 0 bridgehead atoms. The molecule has 0 saturated carbocycles. The van der Waals surface area contributed by atoms with Crippen molar-refractivity contribution in [2.45, 2.75) is 16.6 Å². The van der Waals surface area contributed by atoms with Gasteiger partial charge in [0.05, 0.1) is 16.4 Å². The van der Waals surface area contributed by atoms with E-state index in [1.165, 1.54) is 30.9 Å². The van der Waals surface area contributed by atoms with E-state index in [2.05, 4.69) is 5.32 Å².